The molecule has 0 saturated heterocycles. The summed E-state index contributed by atoms with van der Waals surface area (Å²) in [6.45, 7) is 0. The van der Waals surface area contributed by atoms with Crippen molar-refractivity contribution in [1.82, 2.24) is 15.0 Å². The zero-order valence-corrected chi connectivity index (χ0v) is 27.9. The lowest BCUT2D eigenvalue weighted by Crippen LogP contribution is -2.15. The number of hydrogen-bond acceptors (Lipinski definition) is 6. The molecule has 0 N–H and O–H groups in total. The van der Waals surface area contributed by atoms with Crippen LogP contribution in [0.15, 0.2) is 176 Å². The van der Waals surface area contributed by atoms with Crippen molar-refractivity contribution in [3.8, 4) is 57.2 Å². The van der Waals surface area contributed by atoms with Gasteiger partial charge in [-0.2, -0.15) is 0 Å². The molecule has 8 aromatic rings. The second-order valence-corrected chi connectivity index (χ2v) is 12.8. The summed E-state index contributed by atoms with van der Waals surface area (Å²) in [4.78, 5) is 17.3. The van der Waals surface area contributed by atoms with E-state index in [2.05, 4.69) is 89.8 Å². The molecule has 0 saturated carbocycles. The summed E-state index contributed by atoms with van der Waals surface area (Å²) in [5.74, 6) is 5.30. The highest BCUT2D eigenvalue weighted by Gasteiger charge is 2.29. The summed E-state index contributed by atoms with van der Waals surface area (Å²) in [5.41, 5.74) is 9.19. The molecule has 0 atom stereocenters. The Labute approximate surface area is 301 Å². The summed E-state index contributed by atoms with van der Waals surface area (Å²) in [7, 11) is 0. The van der Waals surface area contributed by atoms with Gasteiger partial charge in [0, 0.05) is 39.4 Å². The van der Waals surface area contributed by atoms with Crippen LogP contribution in [0, 0.1) is 0 Å². The molecule has 6 nitrogen and oxygen atoms in total. The smallest absolute Gasteiger partial charge is 0.164 e. The molecule has 0 aliphatic carbocycles. The summed E-state index contributed by atoms with van der Waals surface area (Å²) >= 11 is 0. The Morgan fingerprint density at radius 2 is 0.769 bits per heavy atom. The van der Waals surface area contributed by atoms with Crippen molar-refractivity contribution in [3.05, 3.63) is 193 Å². The number of aromatic nitrogens is 3. The van der Waals surface area contributed by atoms with Gasteiger partial charge in [0.05, 0.1) is 11.4 Å². The number of benzene rings is 7. The third-order valence-electron chi connectivity index (χ3n) is 9.67. The van der Waals surface area contributed by atoms with E-state index in [4.69, 9.17) is 24.4 Å². The van der Waals surface area contributed by atoms with Gasteiger partial charge in [-0.25, -0.2) is 15.0 Å². The fourth-order valence-electron chi connectivity index (χ4n) is 7.19. The average molecular weight is 671 g/mol. The first-order valence-electron chi connectivity index (χ1n) is 17.3. The maximum absolute atomic E-state index is 6.27. The van der Waals surface area contributed by atoms with E-state index < -0.39 is 0 Å². The Morgan fingerprint density at radius 1 is 0.365 bits per heavy atom. The molecule has 2 aliphatic rings. The maximum atomic E-state index is 6.27. The topological polar surface area (TPSA) is 60.4 Å². The molecule has 0 spiro atoms. The highest BCUT2D eigenvalue weighted by molar-refractivity contribution is 5.86. The van der Waals surface area contributed by atoms with Crippen LogP contribution in [0.25, 0.3) is 34.2 Å². The predicted octanol–water partition coefficient (Wildman–Crippen LogP) is 11.7. The summed E-state index contributed by atoms with van der Waals surface area (Å²) < 4.78 is 12.5. The van der Waals surface area contributed by atoms with Gasteiger partial charge in [0.15, 0.2) is 29.0 Å². The summed E-state index contributed by atoms with van der Waals surface area (Å²) in [6, 6.07) is 59.8. The number of fused-ring (bicyclic) bond motifs is 4. The van der Waals surface area contributed by atoms with Gasteiger partial charge in [-0.05, 0) is 66.2 Å². The number of nitrogens with zero attached hydrogens (tertiary/aromatic N) is 4. The van der Waals surface area contributed by atoms with Crippen molar-refractivity contribution in [2.45, 2.75) is 5.92 Å². The first-order chi connectivity index (χ1) is 25.8. The number of ether oxygens (including phenoxy) is 2. The molecule has 0 unspecified atom stereocenters. The molecule has 0 amide bonds. The van der Waals surface area contributed by atoms with E-state index in [1.807, 2.05) is 91.0 Å². The van der Waals surface area contributed by atoms with Gasteiger partial charge < -0.3 is 14.4 Å². The molecular weight excluding hydrogens is 641 g/mol. The van der Waals surface area contributed by atoms with E-state index in [9.17, 15) is 0 Å². The van der Waals surface area contributed by atoms with Gasteiger partial charge in [0.25, 0.3) is 0 Å². The van der Waals surface area contributed by atoms with Gasteiger partial charge in [-0.15, -0.1) is 0 Å². The molecule has 2 aliphatic heterocycles. The van der Waals surface area contributed by atoms with Gasteiger partial charge in [0.1, 0.15) is 11.5 Å². The van der Waals surface area contributed by atoms with E-state index in [1.165, 1.54) is 5.56 Å². The van der Waals surface area contributed by atoms with Gasteiger partial charge in [-0.3, -0.25) is 0 Å². The van der Waals surface area contributed by atoms with Crippen LogP contribution < -0.4 is 14.4 Å². The summed E-state index contributed by atoms with van der Waals surface area (Å²) in [6.07, 6.45) is 0. The van der Waals surface area contributed by atoms with E-state index in [1.54, 1.807) is 0 Å². The van der Waals surface area contributed by atoms with Crippen LogP contribution in [0.2, 0.25) is 0 Å². The molecular formula is C46H30N4O2. The lowest BCUT2D eigenvalue weighted by molar-refractivity contribution is 0.453. The monoisotopic (exact) mass is 670 g/mol. The van der Waals surface area contributed by atoms with Gasteiger partial charge >= 0.3 is 0 Å². The molecule has 0 bridgehead atoms. The Hall–Kier alpha value is -7.05. The number of rotatable bonds is 5. The van der Waals surface area contributed by atoms with Crippen LogP contribution in [0.4, 0.5) is 17.1 Å². The third-order valence-corrected chi connectivity index (χ3v) is 9.67. The van der Waals surface area contributed by atoms with Crippen molar-refractivity contribution in [2.75, 3.05) is 4.90 Å². The minimum atomic E-state index is 0.0490. The Balaban J connectivity index is 1.04. The van der Waals surface area contributed by atoms with Crippen LogP contribution in [0.1, 0.15) is 22.6 Å². The van der Waals surface area contributed by atoms with E-state index in [-0.39, 0.29) is 5.92 Å². The van der Waals surface area contributed by atoms with Crippen LogP contribution in [0.5, 0.6) is 23.0 Å². The number of hydrogen-bond donors (Lipinski definition) is 0. The number of anilines is 3. The Kier molecular flexibility index (Phi) is 7.10. The number of para-hydroxylation sites is 6. The fourth-order valence-corrected chi connectivity index (χ4v) is 7.19. The lowest BCUT2D eigenvalue weighted by atomic mass is 9.82. The van der Waals surface area contributed by atoms with Crippen LogP contribution >= 0.6 is 0 Å². The molecule has 10 rings (SSSR count). The standard InChI is InChI=1S/C46H30N4O2/c1-2-12-31(13-3-1)44-47-45(32-24-22-30(23-25-32)43-35-14-4-8-18-39(35)51-40-19-9-5-15-36(40)43)49-46(48-44)33-26-28-34(29-27-33)50-37-16-6-10-20-41(37)52-42-21-11-7-17-38(42)50/h1-29,43H. The second kappa shape index (κ2) is 12.4. The quantitative estimate of drug-likeness (QED) is 0.182. The van der Waals surface area contributed by atoms with Crippen LogP contribution in [-0.4, -0.2) is 15.0 Å². The molecule has 6 heteroatoms. The molecule has 52 heavy (non-hydrogen) atoms. The normalized spacial score (nSPS) is 12.8. The van der Waals surface area contributed by atoms with Crippen molar-refractivity contribution in [3.63, 3.8) is 0 Å². The fraction of sp³-hybridized carbons (Fsp3) is 0.0217. The molecule has 7 aromatic carbocycles. The molecule has 1 aromatic heterocycles. The van der Waals surface area contributed by atoms with Crippen LogP contribution in [0.3, 0.4) is 0 Å². The SMILES string of the molecule is c1ccc(-c2nc(-c3ccc(C4c5ccccc5Oc5ccccc54)cc3)nc(-c3ccc(N4c5ccccc5Oc5ccccc54)cc3)n2)cc1. The summed E-state index contributed by atoms with van der Waals surface area (Å²) in [5, 5.41) is 0. The Bertz CT molecular complexity index is 2340. The molecule has 3 heterocycles. The predicted molar refractivity (Wildman–Crippen MR) is 205 cm³/mol. The zero-order chi connectivity index (χ0) is 34.4. The van der Waals surface area contributed by atoms with Crippen molar-refractivity contribution >= 4 is 17.1 Å². The molecule has 0 radical (unpaired) electrons. The van der Waals surface area contributed by atoms with E-state index in [0.29, 0.717) is 17.5 Å². The van der Waals surface area contributed by atoms with Crippen molar-refractivity contribution < 1.29 is 9.47 Å². The minimum absolute atomic E-state index is 0.0490. The minimum Gasteiger partial charge on any atom is -0.457 e. The Morgan fingerprint density at radius 3 is 1.31 bits per heavy atom. The van der Waals surface area contributed by atoms with Gasteiger partial charge in [0.2, 0.25) is 0 Å². The highest BCUT2D eigenvalue weighted by atomic mass is 16.5. The molecule has 246 valence electrons. The third kappa shape index (κ3) is 5.17. The van der Waals surface area contributed by atoms with Crippen molar-refractivity contribution in [1.29, 1.82) is 0 Å². The van der Waals surface area contributed by atoms with Gasteiger partial charge in [-0.1, -0.05) is 115 Å². The van der Waals surface area contributed by atoms with E-state index in [0.717, 1.165) is 67.9 Å². The first-order valence-corrected chi connectivity index (χ1v) is 17.3. The highest BCUT2D eigenvalue weighted by Crippen LogP contribution is 2.50. The molecule has 0 fully saturated rings. The van der Waals surface area contributed by atoms with E-state index >= 15 is 0 Å². The lowest BCUT2D eigenvalue weighted by Gasteiger charge is -2.32. The second-order valence-electron chi connectivity index (χ2n) is 12.8. The van der Waals surface area contributed by atoms with Crippen LogP contribution in [-0.2, 0) is 0 Å². The average Bonchev–Trinajstić information content (AvgIpc) is 3.22. The first kappa shape index (κ1) is 29.8. The largest absolute Gasteiger partial charge is 0.457 e. The van der Waals surface area contributed by atoms with Crippen molar-refractivity contribution in [2.24, 2.45) is 0 Å². The maximum Gasteiger partial charge on any atom is 0.164 e. The zero-order valence-electron chi connectivity index (χ0n) is 27.9.